The average molecular weight is 428 g/mol. The third-order valence-corrected chi connectivity index (χ3v) is 5.86. The normalized spacial score (nSPS) is 17.0. The van der Waals surface area contributed by atoms with E-state index in [1.807, 2.05) is 65.5 Å². The van der Waals surface area contributed by atoms with Gasteiger partial charge in [-0.3, -0.25) is 4.79 Å². The Kier molecular flexibility index (Phi) is 5.09. The fourth-order valence-corrected chi connectivity index (χ4v) is 4.43. The van der Waals surface area contributed by atoms with Gasteiger partial charge in [-0.2, -0.15) is 5.10 Å². The van der Waals surface area contributed by atoms with Crippen LogP contribution in [0.15, 0.2) is 67.1 Å². The zero-order chi connectivity index (χ0) is 22.1. The highest BCUT2D eigenvalue weighted by atomic mass is 16.5. The maximum Gasteiger partial charge on any atom is 0.258 e. The van der Waals surface area contributed by atoms with E-state index in [2.05, 4.69) is 34.2 Å². The van der Waals surface area contributed by atoms with Crippen molar-refractivity contribution in [2.45, 2.75) is 32.7 Å². The molecule has 0 spiro atoms. The van der Waals surface area contributed by atoms with Crippen LogP contribution in [0.1, 0.15) is 37.6 Å². The number of fused-ring (bicyclic) bond motifs is 2. The number of hydrogen-bond donors (Lipinski definition) is 1. The minimum absolute atomic E-state index is 0.0290. The number of rotatable bonds is 5. The SMILES string of the molecule is CC1(C)Cc2c(cnn2-c2ccccc2)C(NC(=O)COc2ncnc3ccccc23)C1. The van der Waals surface area contributed by atoms with E-state index in [0.717, 1.165) is 40.7 Å². The minimum atomic E-state index is -0.186. The van der Waals surface area contributed by atoms with E-state index in [-0.39, 0.29) is 24.0 Å². The fraction of sp³-hybridized carbons (Fsp3) is 0.280. The number of amides is 1. The minimum Gasteiger partial charge on any atom is -0.467 e. The molecular formula is C25H25N5O2. The van der Waals surface area contributed by atoms with Crippen LogP contribution in [0.3, 0.4) is 0 Å². The van der Waals surface area contributed by atoms with Gasteiger partial charge in [0.1, 0.15) is 6.33 Å². The van der Waals surface area contributed by atoms with Crippen LogP contribution in [0.5, 0.6) is 5.88 Å². The molecule has 7 heteroatoms. The van der Waals surface area contributed by atoms with Crippen molar-refractivity contribution in [2.75, 3.05) is 6.61 Å². The van der Waals surface area contributed by atoms with Crippen molar-refractivity contribution in [1.82, 2.24) is 25.1 Å². The van der Waals surface area contributed by atoms with Crippen LogP contribution in [-0.4, -0.2) is 32.3 Å². The Hall–Kier alpha value is -3.74. The lowest BCUT2D eigenvalue weighted by molar-refractivity contribution is -0.124. The Bertz CT molecular complexity index is 1260. The van der Waals surface area contributed by atoms with Crippen molar-refractivity contribution in [3.8, 4) is 11.6 Å². The Labute approximate surface area is 186 Å². The van der Waals surface area contributed by atoms with Gasteiger partial charge in [0, 0.05) is 5.56 Å². The summed E-state index contributed by atoms with van der Waals surface area (Å²) in [4.78, 5) is 21.2. The second-order valence-electron chi connectivity index (χ2n) is 8.94. The van der Waals surface area contributed by atoms with Crippen LogP contribution in [0.2, 0.25) is 0 Å². The molecule has 2 aromatic carbocycles. The van der Waals surface area contributed by atoms with Gasteiger partial charge in [-0.15, -0.1) is 0 Å². The van der Waals surface area contributed by atoms with Crippen molar-refractivity contribution in [3.05, 3.63) is 78.4 Å². The number of hydrogen-bond acceptors (Lipinski definition) is 5. The molecule has 5 rings (SSSR count). The van der Waals surface area contributed by atoms with E-state index >= 15 is 0 Å². The van der Waals surface area contributed by atoms with Crippen LogP contribution < -0.4 is 10.1 Å². The largest absolute Gasteiger partial charge is 0.467 e. The monoisotopic (exact) mass is 427 g/mol. The van der Waals surface area contributed by atoms with Crippen molar-refractivity contribution in [2.24, 2.45) is 5.41 Å². The maximum atomic E-state index is 12.8. The zero-order valence-corrected chi connectivity index (χ0v) is 18.2. The molecule has 4 aromatic rings. The molecule has 0 saturated heterocycles. The van der Waals surface area contributed by atoms with Gasteiger partial charge in [-0.25, -0.2) is 14.6 Å². The molecule has 1 N–H and O–H groups in total. The van der Waals surface area contributed by atoms with E-state index in [4.69, 9.17) is 4.74 Å². The molecule has 2 aromatic heterocycles. The molecule has 1 aliphatic rings. The highest BCUT2D eigenvalue weighted by Crippen LogP contribution is 2.41. The van der Waals surface area contributed by atoms with Gasteiger partial charge in [0.05, 0.1) is 34.5 Å². The van der Waals surface area contributed by atoms with Gasteiger partial charge in [0.25, 0.3) is 5.91 Å². The molecule has 7 nitrogen and oxygen atoms in total. The number of carbonyl (C=O) groups excluding carboxylic acids is 1. The first-order valence-corrected chi connectivity index (χ1v) is 10.7. The van der Waals surface area contributed by atoms with E-state index in [9.17, 15) is 4.79 Å². The summed E-state index contributed by atoms with van der Waals surface area (Å²) in [6.07, 6.45) is 5.06. The number of benzene rings is 2. The van der Waals surface area contributed by atoms with Gasteiger partial charge < -0.3 is 10.1 Å². The molecule has 1 aliphatic carbocycles. The molecule has 0 radical (unpaired) electrons. The quantitative estimate of drug-likeness (QED) is 0.520. The summed E-state index contributed by atoms with van der Waals surface area (Å²) in [7, 11) is 0. The summed E-state index contributed by atoms with van der Waals surface area (Å²) in [5, 5.41) is 8.57. The Morgan fingerprint density at radius 3 is 2.75 bits per heavy atom. The summed E-state index contributed by atoms with van der Waals surface area (Å²) in [5.74, 6) is 0.223. The van der Waals surface area contributed by atoms with Crippen molar-refractivity contribution in [3.63, 3.8) is 0 Å². The number of nitrogens with one attached hydrogen (secondary N) is 1. The van der Waals surface area contributed by atoms with Crippen LogP contribution in [0, 0.1) is 5.41 Å². The van der Waals surface area contributed by atoms with Crippen molar-refractivity contribution >= 4 is 16.8 Å². The Morgan fingerprint density at radius 2 is 1.91 bits per heavy atom. The summed E-state index contributed by atoms with van der Waals surface area (Å²) < 4.78 is 7.74. The highest BCUT2D eigenvalue weighted by molar-refractivity contribution is 5.84. The second kappa shape index (κ2) is 8.07. The topological polar surface area (TPSA) is 81.9 Å². The molecular weight excluding hydrogens is 402 g/mol. The van der Waals surface area contributed by atoms with Crippen LogP contribution in [-0.2, 0) is 11.2 Å². The summed E-state index contributed by atoms with van der Waals surface area (Å²) in [6.45, 7) is 4.34. The van der Waals surface area contributed by atoms with Gasteiger partial charge >= 0.3 is 0 Å². The van der Waals surface area contributed by atoms with Gasteiger partial charge in [-0.1, -0.05) is 44.2 Å². The van der Waals surface area contributed by atoms with Crippen LogP contribution >= 0.6 is 0 Å². The number of nitrogens with zero attached hydrogens (tertiary/aromatic N) is 4. The maximum absolute atomic E-state index is 12.8. The van der Waals surface area contributed by atoms with Gasteiger partial charge in [0.2, 0.25) is 5.88 Å². The number of ether oxygens (including phenoxy) is 1. The predicted octanol–water partition coefficient (Wildman–Crippen LogP) is 4.02. The summed E-state index contributed by atoms with van der Waals surface area (Å²) >= 11 is 0. The first-order chi connectivity index (χ1) is 15.5. The predicted molar refractivity (Wildman–Crippen MR) is 122 cm³/mol. The highest BCUT2D eigenvalue weighted by Gasteiger charge is 2.36. The third kappa shape index (κ3) is 3.93. The molecule has 1 amide bonds. The number of para-hydroxylation sites is 2. The van der Waals surface area contributed by atoms with Crippen LogP contribution in [0.4, 0.5) is 0 Å². The Morgan fingerprint density at radius 1 is 1.12 bits per heavy atom. The summed E-state index contributed by atoms with van der Waals surface area (Å²) in [6, 6.07) is 17.5. The molecule has 0 saturated carbocycles. The molecule has 0 aliphatic heterocycles. The lowest BCUT2D eigenvalue weighted by Crippen LogP contribution is -2.38. The van der Waals surface area contributed by atoms with E-state index < -0.39 is 0 Å². The summed E-state index contributed by atoms with van der Waals surface area (Å²) in [5.41, 5.74) is 4.04. The molecule has 32 heavy (non-hydrogen) atoms. The lowest BCUT2D eigenvalue weighted by Gasteiger charge is -2.36. The molecule has 1 unspecified atom stereocenters. The van der Waals surface area contributed by atoms with E-state index in [0.29, 0.717) is 5.88 Å². The molecule has 162 valence electrons. The molecule has 0 bridgehead atoms. The lowest BCUT2D eigenvalue weighted by atomic mass is 9.74. The molecule has 0 fully saturated rings. The van der Waals surface area contributed by atoms with Gasteiger partial charge in [0.15, 0.2) is 6.61 Å². The Balaban J connectivity index is 1.34. The third-order valence-electron chi connectivity index (χ3n) is 5.86. The fourth-order valence-electron chi connectivity index (χ4n) is 4.43. The zero-order valence-electron chi connectivity index (χ0n) is 18.2. The first-order valence-electron chi connectivity index (χ1n) is 10.7. The second-order valence-corrected chi connectivity index (χ2v) is 8.94. The van der Waals surface area contributed by atoms with Crippen LogP contribution in [0.25, 0.3) is 16.6 Å². The standard InChI is InChI=1S/C25H25N5O2/c1-25(2)12-21(19-14-28-30(22(19)13-25)17-8-4-3-5-9-17)29-23(31)15-32-24-18-10-6-7-11-20(18)26-16-27-24/h3-11,14,16,21H,12-13,15H2,1-2H3,(H,29,31). The smallest absolute Gasteiger partial charge is 0.258 e. The first kappa shape index (κ1) is 20.2. The van der Waals surface area contributed by atoms with E-state index in [1.165, 1.54) is 6.33 Å². The van der Waals surface area contributed by atoms with Crippen molar-refractivity contribution in [1.29, 1.82) is 0 Å². The molecule has 2 heterocycles. The number of carbonyl (C=O) groups is 1. The average Bonchev–Trinajstić information content (AvgIpc) is 3.21. The van der Waals surface area contributed by atoms with Crippen molar-refractivity contribution < 1.29 is 9.53 Å². The van der Waals surface area contributed by atoms with Gasteiger partial charge in [-0.05, 0) is 42.5 Å². The van der Waals surface area contributed by atoms with E-state index in [1.54, 1.807) is 0 Å². The molecule has 1 atom stereocenters. The number of aromatic nitrogens is 4.